The van der Waals surface area contributed by atoms with Gasteiger partial charge in [-0.1, -0.05) is 19.1 Å². The van der Waals surface area contributed by atoms with Crippen molar-refractivity contribution in [3.8, 4) is 0 Å². The number of benzene rings is 1. The highest BCUT2D eigenvalue weighted by molar-refractivity contribution is 6.01. The largest absolute Gasteiger partial charge is 0.468 e. The average Bonchev–Trinajstić information content (AvgIpc) is 2.91. The minimum absolute atomic E-state index is 0.0615. The number of hydrogen-bond acceptors (Lipinski definition) is 4. The molecule has 2 rings (SSSR count). The zero-order valence-electron chi connectivity index (χ0n) is 12.2. The normalized spacial score (nSPS) is 10.6. The summed E-state index contributed by atoms with van der Waals surface area (Å²) < 4.78 is 4.63. The number of carbonyl (C=O) groups is 2. The number of ether oxygens (including phenoxy) is 1. The quantitative estimate of drug-likeness (QED) is 0.648. The smallest absolute Gasteiger partial charge is 0.325 e. The molecule has 21 heavy (non-hydrogen) atoms. The topological polar surface area (TPSA) is 88.4 Å². The minimum Gasteiger partial charge on any atom is -0.468 e. The SMILES string of the molecule is CCCN(CC(=O)OC)C(=O)c1cc2cccc(N)c2[nH]1. The Balaban J connectivity index is 2.29. The van der Waals surface area contributed by atoms with E-state index in [2.05, 4.69) is 9.72 Å². The van der Waals surface area contributed by atoms with E-state index in [1.54, 1.807) is 12.1 Å². The molecule has 0 aliphatic carbocycles. The Morgan fingerprint density at radius 1 is 1.38 bits per heavy atom. The Bertz CT molecular complexity index is 663. The summed E-state index contributed by atoms with van der Waals surface area (Å²) in [6, 6.07) is 7.22. The lowest BCUT2D eigenvalue weighted by molar-refractivity contribution is -0.141. The van der Waals surface area contributed by atoms with Crippen LogP contribution in [0.15, 0.2) is 24.3 Å². The van der Waals surface area contributed by atoms with E-state index in [1.807, 2.05) is 19.1 Å². The number of amides is 1. The molecule has 2 aromatic rings. The molecule has 6 nitrogen and oxygen atoms in total. The van der Waals surface area contributed by atoms with Gasteiger partial charge in [-0.3, -0.25) is 9.59 Å². The Morgan fingerprint density at radius 2 is 2.14 bits per heavy atom. The van der Waals surface area contributed by atoms with Crippen molar-refractivity contribution in [1.29, 1.82) is 0 Å². The van der Waals surface area contributed by atoms with E-state index in [9.17, 15) is 9.59 Å². The maximum absolute atomic E-state index is 12.5. The van der Waals surface area contributed by atoms with Gasteiger partial charge in [-0.15, -0.1) is 0 Å². The van der Waals surface area contributed by atoms with Crippen LogP contribution >= 0.6 is 0 Å². The molecule has 1 aromatic heterocycles. The summed E-state index contributed by atoms with van der Waals surface area (Å²) >= 11 is 0. The standard InChI is InChI=1S/C15H19N3O3/c1-3-7-18(9-13(19)21-2)15(20)12-8-10-5-4-6-11(16)14(10)17-12/h4-6,8,17H,3,7,9,16H2,1-2H3. The van der Waals surface area contributed by atoms with Crippen molar-refractivity contribution in [2.24, 2.45) is 0 Å². The summed E-state index contributed by atoms with van der Waals surface area (Å²) in [5.41, 5.74) is 7.61. The Labute approximate surface area is 122 Å². The van der Waals surface area contributed by atoms with E-state index in [-0.39, 0.29) is 12.5 Å². The van der Waals surface area contributed by atoms with Crippen molar-refractivity contribution < 1.29 is 14.3 Å². The molecule has 0 bridgehead atoms. The number of methoxy groups -OCH3 is 1. The van der Waals surface area contributed by atoms with Gasteiger partial charge in [0.1, 0.15) is 12.2 Å². The van der Waals surface area contributed by atoms with Gasteiger partial charge in [0.15, 0.2) is 0 Å². The molecule has 0 radical (unpaired) electrons. The van der Waals surface area contributed by atoms with Crippen LogP contribution < -0.4 is 5.73 Å². The van der Waals surface area contributed by atoms with E-state index in [1.165, 1.54) is 12.0 Å². The number of fused-ring (bicyclic) bond motifs is 1. The molecular weight excluding hydrogens is 270 g/mol. The molecule has 112 valence electrons. The monoisotopic (exact) mass is 289 g/mol. The fourth-order valence-corrected chi connectivity index (χ4v) is 2.21. The number of esters is 1. The zero-order valence-corrected chi connectivity index (χ0v) is 12.2. The third-order valence-electron chi connectivity index (χ3n) is 3.25. The predicted molar refractivity (Wildman–Crippen MR) is 80.9 cm³/mol. The number of aromatic amines is 1. The maximum Gasteiger partial charge on any atom is 0.325 e. The van der Waals surface area contributed by atoms with Crippen molar-refractivity contribution in [1.82, 2.24) is 9.88 Å². The number of nitrogens with two attached hydrogens (primary N) is 1. The molecular formula is C15H19N3O3. The number of carbonyl (C=O) groups excluding carboxylic acids is 2. The first-order chi connectivity index (χ1) is 10.1. The molecule has 0 aliphatic heterocycles. The third-order valence-corrected chi connectivity index (χ3v) is 3.25. The van der Waals surface area contributed by atoms with E-state index in [4.69, 9.17) is 5.73 Å². The van der Waals surface area contributed by atoms with Crippen molar-refractivity contribution in [3.63, 3.8) is 0 Å². The zero-order chi connectivity index (χ0) is 15.4. The summed E-state index contributed by atoms with van der Waals surface area (Å²) in [6.07, 6.45) is 0.755. The molecule has 0 unspecified atom stereocenters. The van der Waals surface area contributed by atoms with Crippen LogP contribution in [0.5, 0.6) is 0 Å². The molecule has 6 heteroatoms. The number of nitrogens with zero attached hydrogens (tertiary/aromatic N) is 1. The second-order valence-electron chi connectivity index (χ2n) is 4.80. The summed E-state index contributed by atoms with van der Waals surface area (Å²) in [5, 5.41) is 0.868. The van der Waals surface area contributed by atoms with E-state index in [0.29, 0.717) is 17.9 Å². The number of rotatable bonds is 5. The highest BCUT2D eigenvalue weighted by Gasteiger charge is 2.20. The Morgan fingerprint density at radius 3 is 2.76 bits per heavy atom. The van der Waals surface area contributed by atoms with Gasteiger partial charge in [-0.05, 0) is 18.6 Å². The second-order valence-corrected chi connectivity index (χ2v) is 4.80. The van der Waals surface area contributed by atoms with Gasteiger partial charge >= 0.3 is 5.97 Å². The van der Waals surface area contributed by atoms with E-state index < -0.39 is 5.97 Å². The van der Waals surface area contributed by atoms with Crippen LogP contribution in [-0.4, -0.2) is 42.0 Å². The van der Waals surface area contributed by atoms with Crippen LogP contribution in [0, 0.1) is 0 Å². The van der Waals surface area contributed by atoms with Crippen LogP contribution in [0.4, 0.5) is 5.69 Å². The van der Waals surface area contributed by atoms with Crippen molar-refractivity contribution in [2.45, 2.75) is 13.3 Å². The lowest BCUT2D eigenvalue weighted by Gasteiger charge is -2.19. The predicted octanol–water partition coefficient (Wildman–Crippen LogP) is 1.78. The molecule has 3 N–H and O–H groups in total. The number of hydrogen-bond donors (Lipinski definition) is 2. The van der Waals surface area contributed by atoms with Gasteiger partial charge in [0.25, 0.3) is 5.91 Å². The van der Waals surface area contributed by atoms with Gasteiger partial charge in [-0.25, -0.2) is 0 Å². The molecule has 0 fully saturated rings. The lowest BCUT2D eigenvalue weighted by atomic mass is 10.2. The van der Waals surface area contributed by atoms with Gasteiger partial charge in [0.2, 0.25) is 0 Å². The lowest BCUT2D eigenvalue weighted by Crippen LogP contribution is -2.37. The number of nitrogens with one attached hydrogen (secondary N) is 1. The van der Waals surface area contributed by atoms with Gasteiger partial charge < -0.3 is 20.4 Å². The summed E-state index contributed by atoms with van der Waals surface area (Å²) in [4.78, 5) is 28.4. The first-order valence-corrected chi connectivity index (χ1v) is 6.80. The molecule has 0 saturated heterocycles. The van der Waals surface area contributed by atoms with Gasteiger partial charge in [0, 0.05) is 11.9 Å². The Hall–Kier alpha value is -2.50. The first-order valence-electron chi connectivity index (χ1n) is 6.80. The molecule has 1 aromatic carbocycles. The second kappa shape index (κ2) is 6.30. The summed E-state index contributed by atoms with van der Waals surface area (Å²) in [7, 11) is 1.31. The summed E-state index contributed by atoms with van der Waals surface area (Å²) in [5.74, 6) is -0.676. The molecule has 1 amide bonds. The minimum atomic E-state index is -0.438. The fourth-order valence-electron chi connectivity index (χ4n) is 2.21. The molecule has 0 aliphatic rings. The Kier molecular flexibility index (Phi) is 4.47. The molecule has 0 saturated carbocycles. The number of para-hydroxylation sites is 1. The number of H-pyrrole nitrogens is 1. The third kappa shape index (κ3) is 3.16. The van der Waals surface area contributed by atoms with Gasteiger partial charge in [0.05, 0.1) is 18.3 Å². The fraction of sp³-hybridized carbons (Fsp3) is 0.333. The summed E-state index contributed by atoms with van der Waals surface area (Å²) in [6.45, 7) is 2.37. The van der Waals surface area contributed by atoms with Crippen LogP contribution in [0.2, 0.25) is 0 Å². The van der Waals surface area contributed by atoms with E-state index in [0.717, 1.165) is 17.3 Å². The molecule has 0 atom stereocenters. The van der Waals surface area contributed by atoms with Gasteiger partial charge in [-0.2, -0.15) is 0 Å². The van der Waals surface area contributed by atoms with Crippen LogP contribution in [0.25, 0.3) is 10.9 Å². The van der Waals surface area contributed by atoms with Crippen LogP contribution in [-0.2, 0) is 9.53 Å². The van der Waals surface area contributed by atoms with Crippen LogP contribution in [0.1, 0.15) is 23.8 Å². The average molecular weight is 289 g/mol. The number of nitrogen functional groups attached to an aromatic ring is 1. The first kappa shape index (κ1) is 14.9. The van der Waals surface area contributed by atoms with Crippen molar-refractivity contribution in [3.05, 3.63) is 30.0 Å². The van der Waals surface area contributed by atoms with Crippen molar-refractivity contribution >= 4 is 28.5 Å². The van der Waals surface area contributed by atoms with Crippen molar-refractivity contribution in [2.75, 3.05) is 25.9 Å². The molecule has 1 heterocycles. The highest BCUT2D eigenvalue weighted by Crippen LogP contribution is 2.21. The molecule has 0 spiro atoms. The van der Waals surface area contributed by atoms with Crippen LogP contribution in [0.3, 0.4) is 0 Å². The number of aromatic nitrogens is 1. The maximum atomic E-state index is 12.5. The van der Waals surface area contributed by atoms with E-state index >= 15 is 0 Å². The number of anilines is 1. The highest BCUT2D eigenvalue weighted by atomic mass is 16.5.